The number of hydrogen-bond acceptors (Lipinski definition) is 10. The number of rotatable bonds is 5. The quantitative estimate of drug-likeness (QED) is 0.148. The molecule has 4 heterocycles. The Hall–Kier alpha value is -3.79. The van der Waals surface area contributed by atoms with E-state index in [0.717, 1.165) is 23.1 Å². The van der Waals surface area contributed by atoms with Gasteiger partial charge in [0.2, 0.25) is 5.88 Å². The van der Waals surface area contributed by atoms with Gasteiger partial charge < -0.3 is 24.9 Å². The van der Waals surface area contributed by atoms with Crippen LogP contribution < -0.4 is 14.8 Å². The van der Waals surface area contributed by atoms with Crippen molar-refractivity contribution in [3.05, 3.63) is 42.4 Å². The van der Waals surface area contributed by atoms with Crippen LogP contribution in [0.3, 0.4) is 0 Å². The number of nitrogens with one attached hydrogen (secondary N) is 2. The predicted octanol–water partition coefficient (Wildman–Crippen LogP) is 6.19. The first kappa shape index (κ1) is 36.4. The number of nitrogens with zero attached hydrogens (tertiary/aromatic N) is 5. The number of allylic oxidation sites excluding steroid dienone is 2. The van der Waals surface area contributed by atoms with E-state index in [0.29, 0.717) is 60.4 Å². The molecule has 3 atom stereocenters. The molecule has 0 saturated heterocycles. The molecule has 1 saturated carbocycles. The summed E-state index contributed by atoms with van der Waals surface area (Å²) in [6.45, 7) is 10.7. The lowest BCUT2D eigenvalue weighted by atomic mass is 10.0. The van der Waals surface area contributed by atoms with Crippen molar-refractivity contribution in [3.8, 4) is 23.0 Å². The Kier molecular flexibility index (Phi) is 15.5. The number of aromatic nitrogens is 5. The van der Waals surface area contributed by atoms with E-state index in [1.54, 1.807) is 36.3 Å². The van der Waals surface area contributed by atoms with Crippen LogP contribution in [0.5, 0.6) is 11.6 Å². The standard InChI is InChI=1S/C21H23N7O2.C8H14O2.C2H6.BH2P/c1-4-14(13(2)22)15-11-24-19-10-17(15)29-8-5-9-30-21-16(12-25-28(21)3)20-23-7-6-18(26-19)27-20;1-3-4-6-5-7(6)8(9)10-2;2*1-2/h4,6-7,10-12,22H,5,8-9H2,1-3H3,(H,23,24,26,27);6-7H,3-5H2,1-2H3;1-2H3;2H2/b14-4+,22-13?;;;. The maximum Gasteiger partial charge on any atom is 0.308 e. The number of methoxy groups -OCH3 is 1. The monoisotopic (exact) mass is 621 g/mol. The summed E-state index contributed by atoms with van der Waals surface area (Å²) in [5, 5.41) is 15.5. The van der Waals surface area contributed by atoms with E-state index in [1.807, 2.05) is 49.1 Å². The third-order valence-corrected chi connectivity index (χ3v) is 6.76. The average molecular weight is 622 g/mol. The number of fused-ring (bicyclic) bond motifs is 6. The summed E-state index contributed by atoms with van der Waals surface area (Å²) in [7, 11) is 9.61. The largest absolute Gasteiger partial charge is 0.493 e. The molecule has 13 heteroatoms. The van der Waals surface area contributed by atoms with Crippen LogP contribution in [0.15, 0.2) is 36.8 Å². The molecule has 3 unspecified atom stereocenters. The highest BCUT2D eigenvalue weighted by molar-refractivity contribution is 7.49. The minimum atomic E-state index is -0.0153. The summed E-state index contributed by atoms with van der Waals surface area (Å²) in [6, 6.07) is 3.59. The normalized spacial score (nSPS) is 16.5. The van der Waals surface area contributed by atoms with Crippen molar-refractivity contribution in [3.63, 3.8) is 0 Å². The SMILES string of the molecule is C/C=C(\C(C)=N)c1cnc2cc1OCCCOc1c(cnn1C)-c1nccc(n1)N2.CC.CCCC1CC1C(=O)OC.[B]P. The molecule has 2 radical (unpaired) electrons. The number of carbonyl (C=O) groups is 1. The number of hydrogen-bond donors (Lipinski definition) is 2. The van der Waals surface area contributed by atoms with E-state index in [4.69, 9.17) is 14.9 Å². The minimum Gasteiger partial charge on any atom is -0.493 e. The van der Waals surface area contributed by atoms with E-state index in [-0.39, 0.29) is 11.9 Å². The maximum absolute atomic E-state index is 10.8. The van der Waals surface area contributed by atoms with Gasteiger partial charge in [0.1, 0.15) is 22.9 Å². The number of pyridine rings is 1. The lowest BCUT2D eigenvalue weighted by molar-refractivity contribution is -0.142. The van der Waals surface area contributed by atoms with Gasteiger partial charge in [-0.2, -0.15) is 14.2 Å². The Morgan fingerprint density at radius 3 is 2.61 bits per heavy atom. The van der Waals surface area contributed by atoms with Gasteiger partial charge >= 0.3 is 5.97 Å². The van der Waals surface area contributed by atoms with Crippen molar-refractivity contribution in [2.24, 2.45) is 18.9 Å². The second-order valence-electron chi connectivity index (χ2n) is 9.74. The zero-order valence-electron chi connectivity index (χ0n) is 26.9. The van der Waals surface area contributed by atoms with Crippen molar-refractivity contribution in [1.82, 2.24) is 24.7 Å². The second-order valence-corrected chi connectivity index (χ2v) is 9.74. The fraction of sp³-hybridized carbons (Fsp3) is 0.484. The Labute approximate surface area is 264 Å². The van der Waals surface area contributed by atoms with Gasteiger partial charge in [-0.15, -0.1) is 0 Å². The van der Waals surface area contributed by atoms with Crippen molar-refractivity contribution in [1.29, 1.82) is 5.41 Å². The van der Waals surface area contributed by atoms with Gasteiger partial charge in [0.05, 0.1) is 40.0 Å². The number of aryl methyl sites for hydroxylation is 1. The van der Waals surface area contributed by atoms with Crippen LogP contribution in [-0.4, -0.2) is 64.3 Å². The zero-order chi connectivity index (χ0) is 32.6. The molecule has 11 nitrogen and oxygen atoms in total. The average Bonchev–Trinajstić information content (AvgIpc) is 3.72. The minimum absolute atomic E-state index is 0.0153. The maximum atomic E-state index is 10.8. The van der Waals surface area contributed by atoms with E-state index in [1.165, 1.54) is 20.0 Å². The first-order chi connectivity index (χ1) is 21.4. The topological polar surface area (TPSA) is 137 Å². The fourth-order valence-corrected chi connectivity index (χ4v) is 4.63. The van der Waals surface area contributed by atoms with Gasteiger partial charge in [-0.25, -0.2) is 19.6 Å². The van der Waals surface area contributed by atoms with Crippen LogP contribution in [0.25, 0.3) is 17.0 Å². The number of anilines is 2. The molecule has 236 valence electrons. The summed E-state index contributed by atoms with van der Waals surface area (Å²) in [6.07, 6.45) is 11.1. The van der Waals surface area contributed by atoms with Crippen LogP contribution in [0, 0.1) is 17.2 Å². The molecule has 2 aliphatic rings. The summed E-state index contributed by atoms with van der Waals surface area (Å²) < 4.78 is 18.3. The van der Waals surface area contributed by atoms with E-state index < -0.39 is 0 Å². The molecular weight excluding hydrogens is 576 g/mol. The predicted molar refractivity (Wildman–Crippen MR) is 180 cm³/mol. The van der Waals surface area contributed by atoms with Gasteiger partial charge in [0.15, 0.2) is 5.82 Å². The molecule has 1 aliphatic heterocycles. The lowest BCUT2D eigenvalue weighted by Crippen LogP contribution is -2.10. The van der Waals surface area contributed by atoms with Crippen LogP contribution >= 0.6 is 9.12 Å². The van der Waals surface area contributed by atoms with E-state index in [2.05, 4.69) is 44.6 Å². The van der Waals surface area contributed by atoms with Gasteiger partial charge in [0, 0.05) is 48.8 Å². The highest BCUT2D eigenvalue weighted by Gasteiger charge is 2.42. The van der Waals surface area contributed by atoms with Crippen molar-refractivity contribution >= 4 is 45.6 Å². The summed E-state index contributed by atoms with van der Waals surface area (Å²) in [4.78, 5) is 24.3. The third kappa shape index (κ3) is 9.87. The van der Waals surface area contributed by atoms with Gasteiger partial charge in [-0.05, 0) is 38.7 Å². The molecule has 4 bridgehead atoms. The summed E-state index contributed by atoms with van der Waals surface area (Å²) >= 11 is 0. The molecule has 0 amide bonds. The first-order valence-electron chi connectivity index (χ1n) is 14.9. The zero-order valence-corrected chi connectivity index (χ0v) is 28.0. The van der Waals surface area contributed by atoms with Crippen molar-refractivity contribution in [2.75, 3.05) is 25.6 Å². The molecule has 44 heavy (non-hydrogen) atoms. The van der Waals surface area contributed by atoms with Crippen LogP contribution in [0.1, 0.15) is 65.9 Å². The second kappa shape index (κ2) is 18.8. The molecule has 2 N–H and O–H groups in total. The van der Waals surface area contributed by atoms with Gasteiger partial charge in [-0.1, -0.05) is 33.3 Å². The highest BCUT2D eigenvalue weighted by Crippen LogP contribution is 2.42. The molecular formula is C31H45BN7O4P. The number of esters is 1. The van der Waals surface area contributed by atoms with Gasteiger partial charge in [0.25, 0.3) is 0 Å². The summed E-state index contributed by atoms with van der Waals surface area (Å²) in [5.41, 5.74) is 2.74. The Morgan fingerprint density at radius 1 is 1.23 bits per heavy atom. The van der Waals surface area contributed by atoms with Crippen molar-refractivity contribution < 1.29 is 19.0 Å². The molecule has 1 fully saturated rings. The third-order valence-electron chi connectivity index (χ3n) is 6.76. The lowest BCUT2D eigenvalue weighted by Gasteiger charge is -2.16. The van der Waals surface area contributed by atoms with Crippen LogP contribution in [-0.2, 0) is 16.6 Å². The van der Waals surface area contributed by atoms with E-state index >= 15 is 0 Å². The Balaban J connectivity index is 0.000000405. The van der Waals surface area contributed by atoms with Crippen molar-refractivity contribution in [2.45, 2.75) is 60.3 Å². The summed E-state index contributed by atoms with van der Waals surface area (Å²) in [5.74, 6) is 3.82. The van der Waals surface area contributed by atoms with E-state index in [9.17, 15) is 4.79 Å². The first-order valence-corrected chi connectivity index (χ1v) is 15.5. The Morgan fingerprint density at radius 2 is 1.95 bits per heavy atom. The fourth-order valence-electron chi connectivity index (χ4n) is 4.63. The highest BCUT2D eigenvalue weighted by atomic mass is 31.0. The molecule has 1 aliphatic carbocycles. The number of ether oxygens (including phenoxy) is 3. The Bertz CT molecular complexity index is 1400. The molecule has 3 aromatic rings. The number of carbonyl (C=O) groups excluding carboxylic acids is 1. The van der Waals surface area contributed by atoms with Crippen LogP contribution in [0.4, 0.5) is 11.6 Å². The molecule has 5 rings (SSSR count). The molecule has 3 aromatic heterocycles. The molecule has 0 spiro atoms. The molecule has 0 aromatic carbocycles. The smallest absolute Gasteiger partial charge is 0.308 e. The van der Waals surface area contributed by atoms with Gasteiger partial charge in [-0.3, -0.25) is 4.79 Å². The van der Waals surface area contributed by atoms with Crippen LogP contribution in [0.2, 0.25) is 0 Å².